The van der Waals surface area contributed by atoms with Gasteiger partial charge >= 0.3 is 0 Å². The number of benzene rings is 1. The largest absolute Gasteiger partial charge is 0.192 e. The van der Waals surface area contributed by atoms with Crippen LogP contribution in [0.25, 0.3) is 0 Å². The summed E-state index contributed by atoms with van der Waals surface area (Å²) in [5.74, 6) is 4.92. The molecule has 6 atom stereocenters. The molecule has 4 aliphatic carbocycles. The van der Waals surface area contributed by atoms with E-state index in [0.29, 0.717) is 0 Å². The van der Waals surface area contributed by atoms with Crippen LogP contribution < -0.4 is 0 Å². The minimum atomic E-state index is 0.738. The molecule has 1 nitrogen and oxygen atoms in total. The molecule has 0 saturated heterocycles. The Hall–Kier alpha value is -1.55. The van der Waals surface area contributed by atoms with E-state index in [-0.39, 0.29) is 0 Å². The first-order valence-corrected chi connectivity index (χ1v) is 6.13. The number of hydrogen-bond acceptors (Lipinski definition) is 1. The molecule has 1 aromatic rings. The zero-order valence-electron chi connectivity index (χ0n) is 8.80. The minimum Gasteiger partial charge on any atom is -0.192 e. The van der Waals surface area contributed by atoms with Crippen LogP contribution in [0.1, 0.15) is 28.5 Å². The van der Waals surface area contributed by atoms with Gasteiger partial charge in [0.2, 0.25) is 0 Å². The first-order valence-electron chi connectivity index (χ1n) is 6.13. The highest BCUT2D eigenvalue weighted by atomic mass is 14.7. The molecule has 0 spiro atoms. The second kappa shape index (κ2) is 2.11. The molecular weight excluding hydrogens is 194 g/mol. The molecule has 0 unspecified atom stereocenters. The van der Waals surface area contributed by atoms with E-state index in [1.54, 1.807) is 0 Å². The van der Waals surface area contributed by atoms with Crippen LogP contribution >= 0.6 is 0 Å². The third kappa shape index (κ3) is 0.571. The molecule has 76 valence electrons. The maximum absolute atomic E-state index is 9.21. The fourth-order valence-electron chi connectivity index (χ4n) is 4.83. The highest BCUT2D eigenvalue weighted by Crippen LogP contribution is 2.80. The van der Waals surface area contributed by atoms with E-state index in [4.69, 9.17) is 0 Å². The van der Waals surface area contributed by atoms with Crippen molar-refractivity contribution in [3.05, 3.63) is 47.0 Å². The van der Waals surface area contributed by atoms with E-state index in [2.05, 4.69) is 30.4 Å². The SMILES string of the molecule is N#Cc1cccc2c1[C@H]1[C@H]3[C@@H]2[C@@H]2C=C[C@@H]2[C@H]13. The van der Waals surface area contributed by atoms with Gasteiger partial charge in [0.05, 0.1) is 11.6 Å². The Morgan fingerprint density at radius 1 is 1.00 bits per heavy atom. The van der Waals surface area contributed by atoms with Crippen LogP contribution in [0, 0.1) is 35.0 Å². The molecule has 2 fully saturated rings. The summed E-state index contributed by atoms with van der Waals surface area (Å²) in [6, 6.07) is 8.70. The average molecular weight is 205 g/mol. The maximum Gasteiger partial charge on any atom is 0.0994 e. The number of nitriles is 1. The second-order valence-corrected chi connectivity index (χ2v) is 5.67. The number of hydrogen-bond donors (Lipinski definition) is 0. The van der Waals surface area contributed by atoms with Gasteiger partial charge in [-0.05, 0) is 52.7 Å². The summed E-state index contributed by atoms with van der Waals surface area (Å²) in [7, 11) is 0. The predicted octanol–water partition coefficient (Wildman–Crippen LogP) is 2.80. The summed E-state index contributed by atoms with van der Waals surface area (Å²) in [6.45, 7) is 0. The molecule has 0 aromatic heterocycles. The first-order chi connectivity index (χ1) is 7.92. The number of fused-ring (bicyclic) bond motifs is 7. The Bertz CT molecular complexity index is 592. The summed E-state index contributed by atoms with van der Waals surface area (Å²) < 4.78 is 0. The lowest BCUT2D eigenvalue weighted by Crippen LogP contribution is -2.19. The molecule has 1 heteroatoms. The summed E-state index contributed by atoms with van der Waals surface area (Å²) in [5, 5.41) is 9.21. The molecule has 16 heavy (non-hydrogen) atoms. The Morgan fingerprint density at radius 3 is 2.62 bits per heavy atom. The van der Waals surface area contributed by atoms with Crippen LogP contribution in [-0.2, 0) is 0 Å². The molecule has 0 aliphatic heterocycles. The van der Waals surface area contributed by atoms with E-state index in [1.807, 2.05) is 6.07 Å². The van der Waals surface area contributed by atoms with Crippen molar-refractivity contribution in [2.24, 2.45) is 23.7 Å². The standard InChI is InChI=1S/C15H11N/c16-6-7-2-1-3-10-11(7)14-13-9-5-4-8(9)12(10)15(13)14/h1-5,8-9,12-15H/t8-,9+,12-,13-,14-,15+/m1/s1. The van der Waals surface area contributed by atoms with Crippen LogP contribution in [0.15, 0.2) is 30.4 Å². The van der Waals surface area contributed by atoms with Crippen molar-refractivity contribution >= 4 is 0 Å². The normalized spacial score (nSPS) is 47.7. The van der Waals surface area contributed by atoms with Crippen molar-refractivity contribution in [2.45, 2.75) is 11.8 Å². The van der Waals surface area contributed by atoms with Gasteiger partial charge in [0.15, 0.2) is 0 Å². The van der Waals surface area contributed by atoms with Gasteiger partial charge in [-0.2, -0.15) is 5.26 Å². The molecule has 0 heterocycles. The molecule has 4 aliphatic rings. The Balaban J connectivity index is 1.80. The van der Waals surface area contributed by atoms with Crippen molar-refractivity contribution in [3.63, 3.8) is 0 Å². The van der Waals surface area contributed by atoms with Crippen LogP contribution in [-0.4, -0.2) is 0 Å². The van der Waals surface area contributed by atoms with Crippen molar-refractivity contribution in [1.29, 1.82) is 5.26 Å². The molecule has 0 amide bonds. The van der Waals surface area contributed by atoms with Crippen molar-refractivity contribution in [2.75, 3.05) is 0 Å². The lowest BCUT2D eigenvalue weighted by molar-refractivity contribution is 0.398. The van der Waals surface area contributed by atoms with Crippen molar-refractivity contribution < 1.29 is 0 Å². The zero-order valence-corrected chi connectivity index (χ0v) is 8.80. The van der Waals surface area contributed by atoms with Gasteiger partial charge in [-0.15, -0.1) is 0 Å². The van der Waals surface area contributed by atoms with Gasteiger partial charge in [0.25, 0.3) is 0 Å². The third-order valence-corrected chi connectivity index (χ3v) is 5.36. The highest BCUT2D eigenvalue weighted by molar-refractivity contribution is 5.59. The topological polar surface area (TPSA) is 23.8 Å². The molecule has 0 bridgehead atoms. The fraction of sp³-hybridized carbons (Fsp3) is 0.400. The lowest BCUT2D eigenvalue weighted by atomic mass is 9.76. The summed E-state index contributed by atoms with van der Waals surface area (Å²) in [4.78, 5) is 0. The van der Waals surface area contributed by atoms with Crippen LogP contribution in [0.3, 0.4) is 0 Å². The summed E-state index contributed by atoms with van der Waals surface area (Å²) >= 11 is 0. The molecule has 2 saturated carbocycles. The van der Waals surface area contributed by atoms with Crippen LogP contribution in [0.2, 0.25) is 0 Å². The van der Waals surface area contributed by atoms with Crippen molar-refractivity contribution in [1.82, 2.24) is 0 Å². The quantitative estimate of drug-likeness (QED) is 0.597. The predicted molar refractivity (Wildman–Crippen MR) is 59.7 cm³/mol. The third-order valence-electron chi connectivity index (χ3n) is 5.36. The van der Waals surface area contributed by atoms with E-state index < -0.39 is 0 Å². The molecule has 0 radical (unpaired) electrons. The Kier molecular flexibility index (Phi) is 1.01. The van der Waals surface area contributed by atoms with Crippen LogP contribution in [0.4, 0.5) is 0 Å². The second-order valence-electron chi connectivity index (χ2n) is 5.67. The monoisotopic (exact) mass is 205 g/mol. The molecule has 1 aromatic carbocycles. The van der Waals surface area contributed by atoms with E-state index in [0.717, 1.165) is 41.1 Å². The van der Waals surface area contributed by atoms with Gasteiger partial charge < -0.3 is 0 Å². The highest BCUT2D eigenvalue weighted by Gasteiger charge is 2.72. The molecule has 5 rings (SSSR count). The molecule has 0 N–H and O–H groups in total. The zero-order chi connectivity index (χ0) is 10.4. The maximum atomic E-state index is 9.21. The van der Waals surface area contributed by atoms with Gasteiger partial charge in [0.1, 0.15) is 0 Å². The number of allylic oxidation sites excluding steroid dienone is 2. The van der Waals surface area contributed by atoms with Gasteiger partial charge in [0, 0.05) is 0 Å². The lowest BCUT2D eigenvalue weighted by Gasteiger charge is -2.28. The average Bonchev–Trinajstić information content (AvgIpc) is 2.80. The number of nitrogens with zero attached hydrogens (tertiary/aromatic N) is 1. The Labute approximate surface area is 94.4 Å². The van der Waals surface area contributed by atoms with E-state index in [1.165, 1.54) is 11.1 Å². The van der Waals surface area contributed by atoms with Gasteiger partial charge in [-0.3, -0.25) is 0 Å². The number of rotatable bonds is 0. The Morgan fingerprint density at radius 2 is 1.88 bits per heavy atom. The fourth-order valence-corrected chi connectivity index (χ4v) is 4.83. The smallest absolute Gasteiger partial charge is 0.0994 e. The van der Waals surface area contributed by atoms with Crippen LogP contribution in [0.5, 0.6) is 0 Å². The van der Waals surface area contributed by atoms with Gasteiger partial charge in [-0.25, -0.2) is 0 Å². The first kappa shape index (κ1) is 7.68. The minimum absolute atomic E-state index is 0.738. The van der Waals surface area contributed by atoms with Crippen molar-refractivity contribution in [3.8, 4) is 6.07 Å². The van der Waals surface area contributed by atoms with E-state index >= 15 is 0 Å². The van der Waals surface area contributed by atoms with E-state index in [9.17, 15) is 5.26 Å². The molecular formula is C15H11N. The summed E-state index contributed by atoms with van der Waals surface area (Å²) in [6.07, 6.45) is 4.80. The summed E-state index contributed by atoms with van der Waals surface area (Å²) in [5.41, 5.74) is 3.86. The van der Waals surface area contributed by atoms with Gasteiger partial charge in [-0.1, -0.05) is 24.3 Å².